The van der Waals surface area contributed by atoms with E-state index in [4.69, 9.17) is 5.73 Å². The Bertz CT molecular complexity index is 506. The first-order valence-electron chi connectivity index (χ1n) is 8.23. The predicted octanol–water partition coefficient (Wildman–Crippen LogP) is 1.60. The topological polar surface area (TPSA) is 48.1 Å². The van der Waals surface area contributed by atoms with E-state index in [9.17, 15) is 4.39 Å². The highest BCUT2D eigenvalue weighted by molar-refractivity contribution is 5.78. The summed E-state index contributed by atoms with van der Waals surface area (Å²) in [6.07, 6.45) is 0. The molecule has 0 spiro atoms. The maximum atomic E-state index is 13.0. The molecule has 0 bridgehead atoms. The zero-order valence-electron chi connectivity index (χ0n) is 14.4. The monoisotopic (exact) mass is 321 g/mol. The number of halogens is 1. The van der Waals surface area contributed by atoms with Gasteiger partial charge in [-0.25, -0.2) is 4.39 Å². The van der Waals surface area contributed by atoms with Gasteiger partial charge in [0.2, 0.25) is 0 Å². The van der Waals surface area contributed by atoms with Gasteiger partial charge in [-0.1, -0.05) is 0 Å². The van der Waals surface area contributed by atoms with Crippen LogP contribution in [0.15, 0.2) is 29.3 Å². The fourth-order valence-corrected chi connectivity index (χ4v) is 2.53. The summed E-state index contributed by atoms with van der Waals surface area (Å²) in [6.45, 7) is 9.39. The highest BCUT2D eigenvalue weighted by atomic mass is 19.1. The lowest BCUT2D eigenvalue weighted by molar-refractivity contribution is 0.281. The minimum Gasteiger partial charge on any atom is -0.370 e. The van der Waals surface area contributed by atoms with Gasteiger partial charge in [-0.15, -0.1) is 0 Å². The summed E-state index contributed by atoms with van der Waals surface area (Å²) in [4.78, 5) is 11.1. The average Bonchev–Trinajstić information content (AvgIpc) is 2.55. The first kappa shape index (κ1) is 17.5. The van der Waals surface area contributed by atoms with E-state index < -0.39 is 0 Å². The zero-order chi connectivity index (χ0) is 16.8. The second-order valence-corrected chi connectivity index (χ2v) is 6.26. The van der Waals surface area contributed by atoms with Gasteiger partial charge in [-0.2, -0.15) is 0 Å². The Kier molecular flexibility index (Phi) is 6.21. The fraction of sp³-hybridized carbons (Fsp3) is 0.588. The fourth-order valence-electron chi connectivity index (χ4n) is 2.53. The molecular weight excluding hydrogens is 293 g/mol. The molecule has 0 aliphatic carbocycles. The van der Waals surface area contributed by atoms with E-state index in [0.29, 0.717) is 12.0 Å². The minimum atomic E-state index is -0.199. The summed E-state index contributed by atoms with van der Waals surface area (Å²) < 4.78 is 13.0. The van der Waals surface area contributed by atoms with E-state index in [1.54, 1.807) is 0 Å². The van der Waals surface area contributed by atoms with Gasteiger partial charge >= 0.3 is 0 Å². The Morgan fingerprint density at radius 1 is 1.22 bits per heavy atom. The van der Waals surface area contributed by atoms with E-state index >= 15 is 0 Å². The lowest BCUT2D eigenvalue weighted by Crippen LogP contribution is -2.51. The molecule has 1 aromatic rings. The van der Waals surface area contributed by atoms with Crippen LogP contribution in [-0.4, -0.2) is 68.1 Å². The quantitative estimate of drug-likeness (QED) is 0.661. The van der Waals surface area contributed by atoms with Crippen LogP contribution in [0.4, 0.5) is 10.1 Å². The maximum Gasteiger partial charge on any atom is 0.191 e. The number of nitrogens with zero attached hydrogens (tertiary/aromatic N) is 4. The first-order valence-corrected chi connectivity index (χ1v) is 8.23. The highest BCUT2D eigenvalue weighted by Gasteiger charge is 2.18. The number of hydrogen-bond acceptors (Lipinski definition) is 3. The van der Waals surface area contributed by atoms with E-state index in [1.165, 1.54) is 12.1 Å². The molecule has 6 heteroatoms. The van der Waals surface area contributed by atoms with Gasteiger partial charge in [0.25, 0.3) is 0 Å². The molecule has 1 fully saturated rings. The van der Waals surface area contributed by atoms with E-state index in [2.05, 4.69) is 40.6 Å². The van der Waals surface area contributed by atoms with Gasteiger partial charge < -0.3 is 20.4 Å². The Morgan fingerprint density at radius 3 is 2.39 bits per heavy atom. The van der Waals surface area contributed by atoms with Crippen LogP contribution in [0.5, 0.6) is 0 Å². The molecule has 1 aliphatic heterocycles. The molecule has 5 nitrogen and oxygen atoms in total. The van der Waals surface area contributed by atoms with Gasteiger partial charge in [0.15, 0.2) is 5.96 Å². The third-order valence-electron chi connectivity index (χ3n) is 4.40. The molecule has 1 heterocycles. The standard InChI is InChI=1S/C17H28FN5/c1-14(2)21(3)9-8-20-17(19)23-12-10-22(11-13-23)16-6-4-15(18)5-7-16/h4-7,14H,8-13H2,1-3H3,(H2,19,20). The van der Waals surface area contributed by atoms with Crippen molar-refractivity contribution >= 4 is 11.6 Å². The number of hydrogen-bond donors (Lipinski definition) is 1. The van der Waals surface area contributed by atoms with Crippen LogP contribution >= 0.6 is 0 Å². The van der Waals surface area contributed by atoms with Crippen LogP contribution in [0.25, 0.3) is 0 Å². The molecule has 2 rings (SSSR count). The van der Waals surface area contributed by atoms with Gasteiger partial charge in [-0.3, -0.25) is 4.99 Å². The van der Waals surface area contributed by atoms with Gasteiger partial charge in [0.1, 0.15) is 5.82 Å². The third kappa shape index (κ3) is 5.10. The van der Waals surface area contributed by atoms with Crippen molar-refractivity contribution in [1.29, 1.82) is 0 Å². The van der Waals surface area contributed by atoms with Gasteiger partial charge in [0.05, 0.1) is 6.54 Å². The number of piperazine rings is 1. The molecule has 0 amide bonds. The SMILES string of the molecule is CC(C)N(C)CCN=C(N)N1CCN(c2ccc(F)cc2)CC1. The zero-order valence-corrected chi connectivity index (χ0v) is 14.4. The molecule has 1 aliphatic rings. The van der Waals surface area contributed by atoms with Crippen molar-refractivity contribution < 1.29 is 4.39 Å². The summed E-state index contributed by atoms with van der Waals surface area (Å²) in [5, 5.41) is 0. The van der Waals surface area contributed by atoms with Crippen LogP contribution < -0.4 is 10.6 Å². The summed E-state index contributed by atoms with van der Waals surface area (Å²) in [7, 11) is 2.10. The second kappa shape index (κ2) is 8.15. The largest absolute Gasteiger partial charge is 0.370 e. The summed E-state index contributed by atoms with van der Waals surface area (Å²) in [5.74, 6) is 0.427. The molecule has 2 N–H and O–H groups in total. The van der Waals surface area contributed by atoms with Crippen LogP contribution in [-0.2, 0) is 0 Å². The Morgan fingerprint density at radius 2 is 1.83 bits per heavy atom. The lowest BCUT2D eigenvalue weighted by Gasteiger charge is -2.36. The lowest BCUT2D eigenvalue weighted by atomic mass is 10.2. The molecule has 0 atom stereocenters. The summed E-state index contributed by atoms with van der Waals surface area (Å²) in [5.41, 5.74) is 7.16. The molecule has 23 heavy (non-hydrogen) atoms. The Labute approximate surface area is 138 Å². The molecule has 0 saturated carbocycles. The molecule has 0 unspecified atom stereocenters. The molecule has 1 saturated heterocycles. The number of likely N-dealkylation sites (N-methyl/N-ethyl adjacent to an activating group) is 1. The number of guanidine groups is 1. The Balaban J connectivity index is 1.80. The maximum absolute atomic E-state index is 13.0. The summed E-state index contributed by atoms with van der Waals surface area (Å²) >= 11 is 0. The smallest absolute Gasteiger partial charge is 0.191 e. The van der Waals surface area contributed by atoms with Crippen molar-refractivity contribution in [3.63, 3.8) is 0 Å². The van der Waals surface area contributed by atoms with Crippen molar-refractivity contribution in [3.8, 4) is 0 Å². The van der Waals surface area contributed by atoms with E-state index in [1.807, 2.05) is 12.1 Å². The predicted molar refractivity (Wildman–Crippen MR) is 94.4 cm³/mol. The highest BCUT2D eigenvalue weighted by Crippen LogP contribution is 2.16. The van der Waals surface area contributed by atoms with Crippen molar-refractivity contribution in [2.24, 2.45) is 10.7 Å². The molecule has 0 radical (unpaired) electrons. The average molecular weight is 321 g/mol. The Hall–Kier alpha value is -1.82. The van der Waals surface area contributed by atoms with E-state index in [-0.39, 0.29) is 5.82 Å². The number of nitrogens with two attached hydrogens (primary N) is 1. The molecular formula is C17H28FN5. The van der Waals surface area contributed by atoms with Crippen LogP contribution in [0.3, 0.4) is 0 Å². The molecule has 1 aromatic carbocycles. The third-order valence-corrected chi connectivity index (χ3v) is 4.40. The van der Waals surface area contributed by atoms with Crippen molar-refractivity contribution in [2.45, 2.75) is 19.9 Å². The number of benzene rings is 1. The van der Waals surface area contributed by atoms with Crippen LogP contribution in [0.1, 0.15) is 13.8 Å². The molecule has 128 valence electrons. The number of anilines is 1. The van der Waals surface area contributed by atoms with Crippen molar-refractivity contribution in [2.75, 3.05) is 51.2 Å². The minimum absolute atomic E-state index is 0.199. The van der Waals surface area contributed by atoms with Crippen LogP contribution in [0, 0.1) is 5.82 Å². The first-order chi connectivity index (χ1) is 11.0. The van der Waals surface area contributed by atoms with E-state index in [0.717, 1.165) is 45.0 Å². The second-order valence-electron chi connectivity index (χ2n) is 6.26. The van der Waals surface area contributed by atoms with Crippen LogP contribution in [0.2, 0.25) is 0 Å². The van der Waals surface area contributed by atoms with Gasteiger partial charge in [-0.05, 0) is 45.2 Å². The van der Waals surface area contributed by atoms with Gasteiger partial charge in [0, 0.05) is 44.5 Å². The normalized spacial score (nSPS) is 16.5. The van der Waals surface area contributed by atoms with Crippen molar-refractivity contribution in [3.05, 3.63) is 30.1 Å². The van der Waals surface area contributed by atoms with Crippen molar-refractivity contribution in [1.82, 2.24) is 9.80 Å². The molecule has 0 aromatic heterocycles. The summed E-state index contributed by atoms with van der Waals surface area (Å²) in [6, 6.07) is 7.17. The number of rotatable bonds is 5. The number of aliphatic imine (C=N–C) groups is 1.